The molecule has 1 saturated heterocycles. The van der Waals surface area contributed by atoms with Crippen molar-refractivity contribution in [1.82, 2.24) is 20.0 Å². The van der Waals surface area contributed by atoms with Crippen LogP contribution in [0, 0.1) is 0 Å². The van der Waals surface area contributed by atoms with E-state index in [2.05, 4.69) is 55.0 Å². The van der Waals surface area contributed by atoms with E-state index >= 15 is 0 Å². The Balaban J connectivity index is 2.12. The molecule has 1 fully saturated rings. The van der Waals surface area contributed by atoms with Crippen molar-refractivity contribution >= 4 is 0 Å². The van der Waals surface area contributed by atoms with Gasteiger partial charge in [-0.2, -0.15) is 0 Å². The summed E-state index contributed by atoms with van der Waals surface area (Å²) in [6.45, 7) is 12.7. The highest BCUT2D eigenvalue weighted by Gasteiger charge is 2.30. The zero-order chi connectivity index (χ0) is 12.9. The van der Waals surface area contributed by atoms with E-state index in [9.17, 15) is 0 Å². The second kappa shape index (κ2) is 6.69. The summed E-state index contributed by atoms with van der Waals surface area (Å²) in [4.78, 5) is 7.25. The van der Waals surface area contributed by atoms with Gasteiger partial charge in [-0.3, -0.25) is 9.80 Å². The Bertz CT molecular complexity index is 215. The minimum atomic E-state index is 0.321. The van der Waals surface area contributed by atoms with E-state index in [1.165, 1.54) is 26.2 Å². The van der Waals surface area contributed by atoms with Crippen LogP contribution in [-0.2, 0) is 0 Å². The largest absolute Gasteiger partial charge is 0.314 e. The Labute approximate surface area is 107 Å². The van der Waals surface area contributed by atoms with Gasteiger partial charge in [0.1, 0.15) is 0 Å². The monoisotopic (exact) mass is 242 g/mol. The molecule has 0 radical (unpaired) electrons. The number of piperazine rings is 1. The van der Waals surface area contributed by atoms with Crippen molar-refractivity contribution in [2.24, 2.45) is 0 Å². The van der Waals surface area contributed by atoms with Crippen molar-refractivity contribution in [3.05, 3.63) is 0 Å². The Morgan fingerprint density at radius 2 is 1.88 bits per heavy atom. The smallest absolute Gasteiger partial charge is 0.0277 e. The quantitative estimate of drug-likeness (QED) is 0.670. The maximum atomic E-state index is 3.51. The van der Waals surface area contributed by atoms with Gasteiger partial charge in [-0.05, 0) is 35.0 Å². The maximum Gasteiger partial charge on any atom is 0.0277 e. The third-order valence-electron chi connectivity index (χ3n) is 3.74. The number of hydrogen-bond acceptors (Lipinski definition) is 4. The van der Waals surface area contributed by atoms with Gasteiger partial charge in [-0.15, -0.1) is 0 Å². The highest BCUT2D eigenvalue weighted by Crippen LogP contribution is 2.17. The van der Waals surface area contributed by atoms with E-state index in [-0.39, 0.29) is 0 Å². The highest BCUT2D eigenvalue weighted by atomic mass is 15.3. The van der Waals surface area contributed by atoms with Crippen LogP contribution >= 0.6 is 0 Å². The average molecular weight is 242 g/mol. The summed E-state index contributed by atoms with van der Waals surface area (Å²) in [5, 5.41) is 3.51. The first-order valence-electron chi connectivity index (χ1n) is 6.71. The molecule has 1 heterocycles. The lowest BCUT2D eigenvalue weighted by molar-refractivity contribution is 0.0407. The lowest BCUT2D eigenvalue weighted by Crippen LogP contribution is -2.58. The second-order valence-corrected chi connectivity index (χ2v) is 6.06. The van der Waals surface area contributed by atoms with Crippen LogP contribution in [-0.4, -0.2) is 87.2 Å². The van der Waals surface area contributed by atoms with Gasteiger partial charge in [-0.1, -0.05) is 0 Å². The van der Waals surface area contributed by atoms with Crippen LogP contribution in [0.5, 0.6) is 0 Å². The molecule has 0 saturated carbocycles. The first-order chi connectivity index (χ1) is 7.92. The molecule has 0 spiro atoms. The summed E-state index contributed by atoms with van der Waals surface area (Å²) >= 11 is 0. The maximum absolute atomic E-state index is 3.51. The van der Waals surface area contributed by atoms with Crippen LogP contribution in [0.3, 0.4) is 0 Å². The predicted molar refractivity (Wildman–Crippen MR) is 74.6 cm³/mol. The van der Waals surface area contributed by atoms with Gasteiger partial charge >= 0.3 is 0 Å². The van der Waals surface area contributed by atoms with Gasteiger partial charge < -0.3 is 10.2 Å². The van der Waals surface area contributed by atoms with Crippen LogP contribution in [0.15, 0.2) is 0 Å². The molecule has 1 aliphatic heterocycles. The third kappa shape index (κ3) is 5.34. The molecule has 0 aromatic heterocycles. The number of nitrogens with one attached hydrogen (secondary N) is 1. The van der Waals surface area contributed by atoms with Gasteiger partial charge in [0, 0.05) is 51.4 Å². The third-order valence-corrected chi connectivity index (χ3v) is 3.74. The molecule has 1 N–H and O–H groups in total. The molecule has 0 aromatic rings. The molecule has 102 valence electrons. The van der Waals surface area contributed by atoms with Gasteiger partial charge in [-0.25, -0.2) is 0 Å². The summed E-state index contributed by atoms with van der Waals surface area (Å²) < 4.78 is 0. The fourth-order valence-corrected chi connectivity index (χ4v) is 2.20. The van der Waals surface area contributed by atoms with Crippen LogP contribution < -0.4 is 5.32 Å². The van der Waals surface area contributed by atoms with E-state index in [4.69, 9.17) is 0 Å². The summed E-state index contributed by atoms with van der Waals surface area (Å²) in [5.41, 5.74) is 0.321. The molecule has 1 aliphatic rings. The van der Waals surface area contributed by atoms with E-state index < -0.39 is 0 Å². The molecular weight excluding hydrogens is 212 g/mol. The molecule has 4 heteroatoms. The fourth-order valence-electron chi connectivity index (χ4n) is 2.20. The van der Waals surface area contributed by atoms with E-state index in [0.717, 1.165) is 19.6 Å². The van der Waals surface area contributed by atoms with Crippen molar-refractivity contribution in [2.45, 2.75) is 19.4 Å². The zero-order valence-corrected chi connectivity index (χ0v) is 12.3. The van der Waals surface area contributed by atoms with E-state index in [1.807, 2.05) is 0 Å². The molecule has 0 aromatic carbocycles. The molecule has 0 amide bonds. The molecule has 1 rings (SSSR count). The standard InChI is InChI=1S/C13H30N4/c1-13(2)12-17(11-10-16(13)5)9-7-14-6-8-15(3)4/h14H,6-12H2,1-5H3. The average Bonchev–Trinajstić information content (AvgIpc) is 2.22. The molecule has 0 bridgehead atoms. The van der Waals surface area contributed by atoms with Gasteiger partial charge in [0.25, 0.3) is 0 Å². The first-order valence-corrected chi connectivity index (χ1v) is 6.71. The van der Waals surface area contributed by atoms with E-state index in [1.54, 1.807) is 0 Å². The van der Waals surface area contributed by atoms with Crippen LogP contribution in [0.4, 0.5) is 0 Å². The van der Waals surface area contributed by atoms with Crippen molar-refractivity contribution in [1.29, 1.82) is 0 Å². The lowest BCUT2D eigenvalue weighted by atomic mass is 10.00. The van der Waals surface area contributed by atoms with Gasteiger partial charge in [0.05, 0.1) is 0 Å². The Morgan fingerprint density at radius 1 is 1.18 bits per heavy atom. The Kier molecular flexibility index (Phi) is 5.86. The van der Waals surface area contributed by atoms with Crippen LogP contribution in [0.25, 0.3) is 0 Å². The molecule has 17 heavy (non-hydrogen) atoms. The summed E-state index contributed by atoms with van der Waals surface area (Å²) in [6, 6.07) is 0. The van der Waals surface area contributed by atoms with Crippen molar-refractivity contribution in [3.8, 4) is 0 Å². The topological polar surface area (TPSA) is 21.8 Å². The normalized spacial score (nSPS) is 22.2. The predicted octanol–water partition coefficient (Wildman–Crippen LogP) is 0.164. The summed E-state index contributed by atoms with van der Waals surface area (Å²) in [5.74, 6) is 0. The number of nitrogens with zero attached hydrogens (tertiary/aromatic N) is 3. The lowest BCUT2D eigenvalue weighted by Gasteiger charge is -2.45. The first kappa shape index (κ1) is 14.9. The molecule has 4 nitrogen and oxygen atoms in total. The van der Waals surface area contributed by atoms with Crippen molar-refractivity contribution < 1.29 is 0 Å². The number of hydrogen-bond donors (Lipinski definition) is 1. The molecule has 0 atom stereocenters. The minimum Gasteiger partial charge on any atom is -0.314 e. The summed E-state index contributed by atoms with van der Waals surface area (Å²) in [7, 11) is 6.46. The minimum absolute atomic E-state index is 0.321. The Morgan fingerprint density at radius 3 is 2.47 bits per heavy atom. The SMILES string of the molecule is CN(C)CCNCCN1CCN(C)C(C)(C)C1. The fraction of sp³-hybridized carbons (Fsp3) is 1.00. The van der Waals surface area contributed by atoms with E-state index in [0.29, 0.717) is 5.54 Å². The van der Waals surface area contributed by atoms with Crippen molar-refractivity contribution in [2.75, 3.05) is 67.0 Å². The van der Waals surface area contributed by atoms with Crippen molar-refractivity contribution in [3.63, 3.8) is 0 Å². The molecular formula is C13H30N4. The Hall–Kier alpha value is -0.160. The highest BCUT2D eigenvalue weighted by molar-refractivity contribution is 4.88. The number of likely N-dealkylation sites (N-methyl/N-ethyl adjacent to an activating group) is 2. The number of rotatable bonds is 6. The van der Waals surface area contributed by atoms with Crippen LogP contribution in [0.1, 0.15) is 13.8 Å². The van der Waals surface area contributed by atoms with Crippen LogP contribution in [0.2, 0.25) is 0 Å². The van der Waals surface area contributed by atoms with Gasteiger partial charge in [0.15, 0.2) is 0 Å². The van der Waals surface area contributed by atoms with Gasteiger partial charge in [0.2, 0.25) is 0 Å². The zero-order valence-electron chi connectivity index (χ0n) is 12.3. The summed E-state index contributed by atoms with van der Waals surface area (Å²) in [6.07, 6.45) is 0. The molecule has 0 unspecified atom stereocenters. The molecule has 0 aliphatic carbocycles. The second-order valence-electron chi connectivity index (χ2n) is 6.06.